The van der Waals surface area contributed by atoms with Crippen molar-refractivity contribution in [1.29, 1.82) is 0 Å². The Balaban J connectivity index is 2.77. The average molecular weight is 199 g/mol. The first kappa shape index (κ1) is 10.1. The standard InChI is InChI=1S/C8H13N3OS/c1-5(2)13-8(12)6-4-7(9)11(3)10-6/h4-5H,9H2,1-3H3. The number of carbonyl (C=O) groups excluding carboxylic acids is 1. The quantitative estimate of drug-likeness (QED) is 0.779. The van der Waals surface area contributed by atoms with Crippen LogP contribution in [0.2, 0.25) is 0 Å². The van der Waals surface area contributed by atoms with Crippen LogP contribution in [-0.4, -0.2) is 20.1 Å². The molecule has 0 radical (unpaired) electrons. The fourth-order valence-corrected chi connectivity index (χ4v) is 1.50. The summed E-state index contributed by atoms with van der Waals surface area (Å²) in [7, 11) is 1.71. The van der Waals surface area contributed by atoms with E-state index in [1.54, 1.807) is 13.1 Å². The van der Waals surface area contributed by atoms with E-state index in [4.69, 9.17) is 5.73 Å². The summed E-state index contributed by atoms with van der Waals surface area (Å²) in [5.74, 6) is 0.507. The lowest BCUT2D eigenvalue weighted by Crippen LogP contribution is -2.01. The molecule has 13 heavy (non-hydrogen) atoms. The van der Waals surface area contributed by atoms with Gasteiger partial charge in [-0.25, -0.2) is 0 Å². The zero-order valence-electron chi connectivity index (χ0n) is 7.94. The van der Waals surface area contributed by atoms with Crippen LogP contribution in [0, 0.1) is 0 Å². The highest BCUT2D eigenvalue weighted by molar-refractivity contribution is 8.14. The third-order valence-corrected chi connectivity index (χ3v) is 2.36. The van der Waals surface area contributed by atoms with Gasteiger partial charge in [0.15, 0.2) is 0 Å². The van der Waals surface area contributed by atoms with Crippen LogP contribution in [0.1, 0.15) is 24.3 Å². The molecule has 1 rings (SSSR count). The zero-order chi connectivity index (χ0) is 10.0. The molecular formula is C8H13N3OS. The molecule has 1 aromatic heterocycles. The third kappa shape index (κ3) is 2.48. The second-order valence-corrected chi connectivity index (χ2v) is 4.58. The molecule has 1 aromatic rings. The number of carbonyl (C=O) groups is 1. The minimum Gasteiger partial charge on any atom is -0.384 e. The van der Waals surface area contributed by atoms with Gasteiger partial charge in [-0.3, -0.25) is 9.48 Å². The molecule has 1 heterocycles. The van der Waals surface area contributed by atoms with E-state index >= 15 is 0 Å². The highest BCUT2D eigenvalue weighted by Gasteiger charge is 2.13. The van der Waals surface area contributed by atoms with E-state index in [1.165, 1.54) is 16.4 Å². The summed E-state index contributed by atoms with van der Waals surface area (Å²) >= 11 is 1.26. The molecular weight excluding hydrogens is 186 g/mol. The molecule has 5 heteroatoms. The maximum Gasteiger partial charge on any atom is 0.239 e. The van der Waals surface area contributed by atoms with Gasteiger partial charge in [0, 0.05) is 18.4 Å². The van der Waals surface area contributed by atoms with E-state index in [2.05, 4.69) is 5.10 Å². The summed E-state index contributed by atoms with van der Waals surface area (Å²) in [5.41, 5.74) is 5.98. The van der Waals surface area contributed by atoms with Gasteiger partial charge in [0.2, 0.25) is 5.12 Å². The number of aromatic nitrogens is 2. The summed E-state index contributed by atoms with van der Waals surface area (Å²) in [6.07, 6.45) is 0. The number of hydrogen-bond donors (Lipinski definition) is 1. The van der Waals surface area contributed by atoms with Gasteiger partial charge in [-0.1, -0.05) is 25.6 Å². The van der Waals surface area contributed by atoms with E-state index in [0.717, 1.165) is 0 Å². The molecule has 0 aliphatic heterocycles. The Morgan fingerprint density at radius 3 is 2.69 bits per heavy atom. The van der Waals surface area contributed by atoms with Crippen LogP contribution >= 0.6 is 11.8 Å². The largest absolute Gasteiger partial charge is 0.384 e. The van der Waals surface area contributed by atoms with Crippen LogP contribution < -0.4 is 5.73 Å². The molecule has 0 bridgehead atoms. The maximum atomic E-state index is 11.5. The second kappa shape index (κ2) is 3.83. The van der Waals surface area contributed by atoms with Crippen molar-refractivity contribution in [1.82, 2.24) is 9.78 Å². The topological polar surface area (TPSA) is 60.9 Å². The molecule has 0 fully saturated rings. The van der Waals surface area contributed by atoms with Crippen molar-refractivity contribution in [2.45, 2.75) is 19.1 Å². The highest BCUT2D eigenvalue weighted by Crippen LogP contribution is 2.17. The van der Waals surface area contributed by atoms with Crippen LogP contribution in [0.25, 0.3) is 0 Å². The van der Waals surface area contributed by atoms with E-state index in [9.17, 15) is 4.79 Å². The molecule has 0 saturated heterocycles. The second-order valence-electron chi connectivity index (χ2n) is 3.03. The molecule has 0 aliphatic carbocycles. The molecule has 0 aromatic carbocycles. The van der Waals surface area contributed by atoms with Crippen molar-refractivity contribution in [3.63, 3.8) is 0 Å². The fourth-order valence-electron chi connectivity index (χ4n) is 0.856. The SMILES string of the molecule is CC(C)SC(=O)c1cc(N)n(C)n1. The number of nitrogen functional groups attached to an aromatic ring is 1. The van der Waals surface area contributed by atoms with Crippen molar-refractivity contribution < 1.29 is 4.79 Å². The molecule has 0 unspecified atom stereocenters. The van der Waals surface area contributed by atoms with Gasteiger partial charge in [0.1, 0.15) is 11.5 Å². The first-order valence-electron chi connectivity index (χ1n) is 4.01. The van der Waals surface area contributed by atoms with E-state index in [0.29, 0.717) is 11.5 Å². The minimum atomic E-state index is -0.0256. The van der Waals surface area contributed by atoms with Crippen LogP contribution in [0.15, 0.2) is 6.07 Å². The molecule has 0 spiro atoms. The van der Waals surface area contributed by atoms with Crippen molar-refractivity contribution in [2.75, 3.05) is 5.73 Å². The van der Waals surface area contributed by atoms with Gasteiger partial charge in [-0.05, 0) is 0 Å². The van der Waals surface area contributed by atoms with Gasteiger partial charge >= 0.3 is 0 Å². The number of thioether (sulfide) groups is 1. The Morgan fingerprint density at radius 1 is 1.69 bits per heavy atom. The lowest BCUT2D eigenvalue weighted by atomic mass is 10.5. The van der Waals surface area contributed by atoms with Crippen molar-refractivity contribution in [2.24, 2.45) is 7.05 Å². The first-order chi connectivity index (χ1) is 6.00. The molecule has 72 valence electrons. The van der Waals surface area contributed by atoms with E-state index in [1.807, 2.05) is 13.8 Å². The Kier molecular flexibility index (Phi) is 2.98. The molecule has 0 saturated carbocycles. The predicted molar refractivity (Wildman–Crippen MR) is 54.7 cm³/mol. The zero-order valence-corrected chi connectivity index (χ0v) is 8.76. The third-order valence-electron chi connectivity index (χ3n) is 1.47. The number of aryl methyl sites for hydroxylation is 1. The maximum absolute atomic E-state index is 11.5. The number of anilines is 1. The molecule has 0 aliphatic rings. The van der Waals surface area contributed by atoms with Gasteiger partial charge in [0.05, 0.1) is 0 Å². The van der Waals surface area contributed by atoms with Crippen molar-refractivity contribution in [3.05, 3.63) is 11.8 Å². The number of nitrogens with two attached hydrogens (primary N) is 1. The average Bonchev–Trinajstić information content (AvgIpc) is 2.31. The van der Waals surface area contributed by atoms with Crippen LogP contribution in [0.5, 0.6) is 0 Å². The van der Waals surface area contributed by atoms with E-state index in [-0.39, 0.29) is 10.4 Å². The summed E-state index contributed by atoms with van der Waals surface area (Å²) < 4.78 is 1.49. The summed E-state index contributed by atoms with van der Waals surface area (Å²) in [5, 5.41) is 4.23. The lowest BCUT2D eigenvalue weighted by molar-refractivity contribution is 0.108. The molecule has 2 N–H and O–H groups in total. The molecule has 0 amide bonds. The van der Waals surface area contributed by atoms with Crippen molar-refractivity contribution in [3.8, 4) is 0 Å². The Hall–Kier alpha value is -0.970. The Morgan fingerprint density at radius 2 is 2.31 bits per heavy atom. The minimum absolute atomic E-state index is 0.0256. The molecule has 0 atom stereocenters. The van der Waals surface area contributed by atoms with Crippen LogP contribution in [-0.2, 0) is 7.05 Å². The monoisotopic (exact) mass is 199 g/mol. The predicted octanol–water partition coefficient (Wildman–Crippen LogP) is 1.28. The summed E-state index contributed by atoms with van der Waals surface area (Å²) in [4.78, 5) is 11.5. The van der Waals surface area contributed by atoms with E-state index < -0.39 is 0 Å². The van der Waals surface area contributed by atoms with Gasteiger partial charge in [-0.2, -0.15) is 5.10 Å². The normalized spacial score (nSPS) is 10.8. The number of rotatable bonds is 2. The number of hydrogen-bond acceptors (Lipinski definition) is 4. The van der Waals surface area contributed by atoms with Crippen LogP contribution in [0.4, 0.5) is 5.82 Å². The number of nitrogens with zero attached hydrogens (tertiary/aromatic N) is 2. The van der Waals surface area contributed by atoms with Crippen molar-refractivity contribution >= 4 is 22.7 Å². The Labute approximate surface area is 81.5 Å². The summed E-state index contributed by atoms with van der Waals surface area (Å²) in [6, 6.07) is 1.59. The van der Waals surface area contributed by atoms with Gasteiger partial charge < -0.3 is 5.73 Å². The molecule has 4 nitrogen and oxygen atoms in total. The van der Waals surface area contributed by atoms with Gasteiger partial charge in [-0.15, -0.1) is 0 Å². The first-order valence-corrected chi connectivity index (χ1v) is 4.89. The summed E-state index contributed by atoms with van der Waals surface area (Å²) in [6.45, 7) is 3.93. The lowest BCUT2D eigenvalue weighted by Gasteiger charge is -1.99. The Bertz CT molecular complexity index is 300. The fraction of sp³-hybridized carbons (Fsp3) is 0.500. The van der Waals surface area contributed by atoms with Crippen LogP contribution in [0.3, 0.4) is 0 Å². The highest BCUT2D eigenvalue weighted by atomic mass is 32.2. The van der Waals surface area contributed by atoms with Gasteiger partial charge in [0.25, 0.3) is 0 Å². The smallest absolute Gasteiger partial charge is 0.239 e.